The summed E-state index contributed by atoms with van der Waals surface area (Å²) in [4.78, 5) is 32.1. The quantitative estimate of drug-likeness (QED) is 0.596. The van der Waals surface area contributed by atoms with Crippen LogP contribution in [0.3, 0.4) is 0 Å². The summed E-state index contributed by atoms with van der Waals surface area (Å²) in [5.41, 5.74) is -0.857. The third-order valence-electron chi connectivity index (χ3n) is 7.10. The van der Waals surface area contributed by atoms with Gasteiger partial charge in [0.15, 0.2) is 17.2 Å². The van der Waals surface area contributed by atoms with E-state index < -0.39 is 11.4 Å². The summed E-state index contributed by atoms with van der Waals surface area (Å²) in [7, 11) is 1.37. The van der Waals surface area contributed by atoms with Crippen LogP contribution in [0.25, 0.3) is 16.7 Å². The number of fused-ring (bicyclic) bond motifs is 1. The molecule has 1 aromatic carbocycles. The Kier molecular flexibility index (Phi) is 5.44. The summed E-state index contributed by atoms with van der Waals surface area (Å²) in [5.74, 6) is -0.309. The lowest BCUT2D eigenvalue weighted by Gasteiger charge is -2.39. The highest BCUT2D eigenvalue weighted by molar-refractivity contribution is 6.31. The van der Waals surface area contributed by atoms with Gasteiger partial charge in [0.05, 0.1) is 30.3 Å². The molecule has 3 heterocycles. The molecule has 10 heteroatoms. The molecule has 5 rings (SSSR count). The van der Waals surface area contributed by atoms with Crippen molar-refractivity contribution < 1.29 is 19.0 Å². The van der Waals surface area contributed by atoms with Crippen LogP contribution in [0.4, 0.5) is 4.39 Å². The number of carbonyl (C=O) groups is 1. The number of halogens is 2. The summed E-state index contributed by atoms with van der Waals surface area (Å²) in [6, 6.07) is 5.78. The molecular weight excluding hydrogens is 463 g/mol. The Hall–Kier alpha value is -2.91. The molecule has 0 atom stereocenters. The highest BCUT2D eigenvalue weighted by Gasteiger charge is 2.48. The van der Waals surface area contributed by atoms with Gasteiger partial charge in [0.25, 0.3) is 5.56 Å². The fourth-order valence-corrected chi connectivity index (χ4v) is 4.90. The van der Waals surface area contributed by atoms with Crippen LogP contribution in [0.2, 0.25) is 5.15 Å². The standard InChI is InChI=1S/C24H26ClFN4O4/c1-23(5-6-23)22(32)28-9-7-24(33,8-10-28)13-29-14-27-20-16(21(29)31)12-19(25)30(20)15-3-4-17(26)18(11-15)34-2/h3-4,11-12,14,33H,5-10,13H2,1-2H3. The molecule has 1 saturated carbocycles. The third kappa shape index (κ3) is 3.86. The molecule has 2 fully saturated rings. The van der Waals surface area contributed by atoms with E-state index in [1.165, 1.54) is 42.3 Å². The van der Waals surface area contributed by atoms with Crippen molar-refractivity contribution in [3.05, 3.63) is 51.9 Å². The van der Waals surface area contributed by atoms with Crippen molar-refractivity contribution in [2.75, 3.05) is 20.2 Å². The van der Waals surface area contributed by atoms with Crippen molar-refractivity contribution in [2.24, 2.45) is 5.41 Å². The summed E-state index contributed by atoms with van der Waals surface area (Å²) >= 11 is 6.42. The van der Waals surface area contributed by atoms with E-state index in [0.717, 1.165) is 12.8 Å². The second-order valence-electron chi connectivity index (χ2n) is 9.61. The third-order valence-corrected chi connectivity index (χ3v) is 7.37. The van der Waals surface area contributed by atoms with Crippen LogP contribution < -0.4 is 10.3 Å². The van der Waals surface area contributed by atoms with E-state index in [1.54, 1.807) is 4.57 Å². The molecule has 0 radical (unpaired) electrons. The number of hydrogen-bond donors (Lipinski definition) is 1. The van der Waals surface area contributed by atoms with Gasteiger partial charge >= 0.3 is 0 Å². The minimum atomic E-state index is -1.11. The average molecular weight is 489 g/mol. The van der Waals surface area contributed by atoms with E-state index in [1.807, 2.05) is 11.8 Å². The molecule has 0 spiro atoms. The lowest BCUT2D eigenvalue weighted by molar-refractivity contribution is -0.141. The van der Waals surface area contributed by atoms with Crippen molar-refractivity contribution in [1.29, 1.82) is 0 Å². The Labute approximate surface area is 200 Å². The van der Waals surface area contributed by atoms with Gasteiger partial charge in [-0.15, -0.1) is 0 Å². The second-order valence-corrected chi connectivity index (χ2v) is 10.0. The number of rotatable bonds is 5. The molecule has 2 aromatic heterocycles. The minimum absolute atomic E-state index is 0.0477. The number of nitrogens with zero attached hydrogens (tertiary/aromatic N) is 4. The van der Waals surface area contributed by atoms with Gasteiger partial charge in [0.2, 0.25) is 5.91 Å². The molecule has 1 saturated heterocycles. The molecule has 180 valence electrons. The fraction of sp³-hybridized carbons (Fsp3) is 0.458. The number of benzene rings is 1. The Morgan fingerprint density at radius 2 is 1.94 bits per heavy atom. The van der Waals surface area contributed by atoms with Crippen molar-refractivity contribution >= 4 is 28.5 Å². The van der Waals surface area contributed by atoms with Crippen molar-refractivity contribution in [2.45, 2.75) is 44.8 Å². The predicted octanol–water partition coefficient (Wildman–Crippen LogP) is 3.14. The van der Waals surface area contributed by atoms with Crippen LogP contribution in [0.5, 0.6) is 5.75 Å². The van der Waals surface area contributed by atoms with Crippen LogP contribution in [-0.4, -0.2) is 55.8 Å². The normalized spacial score (nSPS) is 18.8. The fourth-order valence-electron chi connectivity index (χ4n) is 4.62. The van der Waals surface area contributed by atoms with Crippen LogP contribution >= 0.6 is 11.6 Å². The Balaban J connectivity index is 1.40. The van der Waals surface area contributed by atoms with Gasteiger partial charge in [-0.1, -0.05) is 18.5 Å². The average Bonchev–Trinajstić information content (AvgIpc) is 3.48. The van der Waals surface area contributed by atoms with Crippen LogP contribution in [-0.2, 0) is 11.3 Å². The van der Waals surface area contributed by atoms with Crippen molar-refractivity contribution in [3.63, 3.8) is 0 Å². The SMILES string of the molecule is COc1cc(-n2c(Cl)cc3c(=O)n(CC4(O)CCN(C(=O)C5(C)CC5)CC4)cnc32)ccc1F. The van der Waals surface area contributed by atoms with Gasteiger partial charge in [0, 0.05) is 24.6 Å². The van der Waals surface area contributed by atoms with Gasteiger partial charge < -0.3 is 14.7 Å². The smallest absolute Gasteiger partial charge is 0.262 e. The molecule has 34 heavy (non-hydrogen) atoms. The highest BCUT2D eigenvalue weighted by atomic mass is 35.5. The molecule has 1 N–H and O–H groups in total. The van der Waals surface area contributed by atoms with Gasteiger partial charge in [-0.2, -0.15) is 0 Å². The number of likely N-dealkylation sites (tertiary alicyclic amines) is 1. The number of ether oxygens (including phenoxy) is 1. The first kappa shape index (κ1) is 22.9. The monoisotopic (exact) mass is 488 g/mol. The van der Waals surface area contributed by atoms with Crippen LogP contribution in [0.1, 0.15) is 32.6 Å². The summed E-state index contributed by atoms with van der Waals surface area (Å²) in [6.07, 6.45) is 3.99. The van der Waals surface area contributed by atoms with E-state index in [-0.39, 0.29) is 39.7 Å². The zero-order chi connectivity index (χ0) is 24.3. The maximum atomic E-state index is 13.8. The number of piperidine rings is 1. The molecule has 1 aliphatic heterocycles. The molecule has 3 aromatic rings. The number of aliphatic hydroxyl groups is 1. The van der Waals surface area contributed by atoms with Gasteiger partial charge in [-0.3, -0.25) is 18.7 Å². The lowest BCUT2D eigenvalue weighted by Crippen LogP contribution is -2.51. The lowest BCUT2D eigenvalue weighted by atomic mass is 9.90. The maximum Gasteiger partial charge on any atom is 0.262 e. The van der Waals surface area contributed by atoms with E-state index in [2.05, 4.69) is 4.98 Å². The minimum Gasteiger partial charge on any atom is -0.494 e. The summed E-state index contributed by atoms with van der Waals surface area (Å²) < 4.78 is 21.8. The van der Waals surface area contributed by atoms with Gasteiger partial charge in [-0.25, -0.2) is 9.37 Å². The van der Waals surface area contributed by atoms with Crippen molar-refractivity contribution in [3.8, 4) is 11.4 Å². The maximum absolute atomic E-state index is 13.8. The molecule has 1 amide bonds. The Morgan fingerprint density at radius 1 is 1.24 bits per heavy atom. The first-order chi connectivity index (χ1) is 16.1. The Morgan fingerprint density at radius 3 is 2.59 bits per heavy atom. The van der Waals surface area contributed by atoms with E-state index in [4.69, 9.17) is 16.3 Å². The number of hydrogen-bond acceptors (Lipinski definition) is 5. The largest absolute Gasteiger partial charge is 0.494 e. The molecular formula is C24H26ClFN4O4. The highest BCUT2D eigenvalue weighted by Crippen LogP contribution is 2.47. The van der Waals surface area contributed by atoms with Crippen LogP contribution in [0.15, 0.2) is 35.4 Å². The molecule has 8 nitrogen and oxygen atoms in total. The second kappa shape index (κ2) is 8.09. The van der Waals surface area contributed by atoms with Crippen molar-refractivity contribution in [1.82, 2.24) is 19.0 Å². The van der Waals surface area contributed by atoms with Crippen LogP contribution in [0, 0.1) is 11.2 Å². The Bertz CT molecular complexity index is 1340. The molecule has 0 unspecified atom stereocenters. The molecule has 1 aliphatic carbocycles. The number of amides is 1. The van der Waals surface area contributed by atoms with Gasteiger partial charge in [0.1, 0.15) is 11.5 Å². The van der Waals surface area contributed by atoms with E-state index in [0.29, 0.717) is 37.3 Å². The summed E-state index contributed by atoms with van der Waals surface area (Å²) in [6.45, 7) is 2.98. The molecule has 0 bridgehead atoms. The zero-order valence-electron chi connectivity index (χ0n) is 19.1. The first-order valence-corrected chi connectivity index (χ1v) is 11.6. The zero-order valence-corrected chi connectivity index (χ0v) is 19.8. The topological polar surface area (TPSA) is 89.6 Å². The number of aromatic nitrogens is 3. The number of methoxy groups -OCH3 is 1. The first-order valence-electron chi connectivity index (χ1n) is 11.3. The predicted molar refractivity (Wildman–Crippen MR) is 125 cm³/mol. The van der Waals surface area contributed by atoms with E-state index in [9.17, 15) is 19.1 Å². The summed E-state index contributed by atoms with van der Waals surface area (Å²) in [5, 5.41) is 11.7. The molecule has 2 aliphatic rings. The number of carbonyl (C=O) groups excluding carboxylic acids is 1. The van der Waals surface area contributed by atoms with E-state index >= 15 is 0 Å². The van der Waals surface area contributed by atoms with Gasteiger partial charge in [-0.05, 0) is 43.9 Å².